The normalized spacial score (nSPS) is 14.8. The number of hydrazine groups is 1. The summed E-state index contributed by atoms with van der Waals surface area (Å²) in [7, 11) is -3.97. The maximum Gasteiger partial charge on any atom is 0.335 e. The molecule has 0 radical (unpaired) electrons. The number of urea groups is 1. The number of nitrogen functional groups attached to an aromatic ring is 1. The Morgan fingerprint density at radius 3 is 2.25 bits per heavy atom. The summed E-state index contributed by atoms with van der Waals surface area (Å²) in [5.41, 5.74) is 7.16. The zero-order valence-corrected chi connectivity index (χ0v) is 18.7. The first-order valence-electron chi connectivity index (χ1n) is 10.8. The molecule has 0 unspecified atom stereocenters. The van der Waals surface area contributed by atoms with Crippen LogP contribution in [0.25, 0.3) is 10.8 Å². The second-order valence-electron chi connectivity index (χ2n) is 8.12. The largest absolute Gasteiger partial charge is 0.399 e. The molecule has 1 aliphatic heterocycles. The predicted octanol–water partition coefficient (Wildman–Crippen LogP) is 4.11. The number of amides is 2. The minimum Gasteiger partial charge on any atom is -0.399 e. The Kier molecular flexibility index (Phi) is 6.62. The summed E-state index contributed by atoms with van der Waals surface area (Å²) in [5.74, 6) is 0. The highest BCUT2D eigenvalue weighted by molar-refractivity contribution is 7.89. The Morgan fingerprint density at radius 2 is 1.56 bits per heavy atom. The Morgan fingerprint density at radius 1 is 0.906 bits per heavy atom. The van der Waals surface area contributed by atoms with Gasteiger partial charge >= 0.3 is 6.03 Å². The van der Waals surface area contributed by atoms with Crippen molar-refractivity contribution in [3.8, 4) is 0 Å². The van der Waals surface area contributed by atoms with E-state index in [1.54, 1.807) is 47.4 Å². The van der Waals surface area contributed by atoms with E-state index in [1.807, 2.05) is 24.3 Å². The van der Waals surface area contributed by atoms with Crippen LogP contribution in [0, 0.1) is 0 Å². The van der Waals surface area contributed by atoms with Gasteiger partial charge in [-0.25, -0.2) is 18.2 Å². The minimum absolute atomic E-state index is 0.0996. The number of hydrogen-bond donors (Lipinski definition) is 2. The van der Waals surface area contributed by atoms with E-state index in [-0.39, 0.29) is 17.5 Å². The number of likely N-dealkylation sites (tertiary alicyclic amines) is 1. The average Bonchev–Trinajstić information content (AvgIpc) is 3.09. The number of benzene rings is 3. The van der Waals surface area contributed by atoms with E-state index in [2.05, 4.69) is 4.83 Å². The van der Waals surface area contributed by atoms with Crippen molar-refractivity contribution in [2.75, 3.05) is 18.8 Å². The Balaban J connectivity index is 1.62. The van der Waals surface area contributed by atoms with Crippen LogP contribution in [-0.2, 0) is 16.6 Å². The number of sulfonamides is 1. The van der Waals surface area contributed by atoms with Crippen molar-refractivity contribution >= 4 is 32.5 Å². The molecule has 1 heterocycles. The molecular formula is C24H28N4O3S. The molecule has 0 bridgehead atoms. The number of nitrogens with one attached hydrogen (secondary N) is 1. The summed E-state index contributed by atoms with van der Waals surface area (Å²) in [6.07, 6.45) is 3.98. The molecule has 3 aromatic rings. The summed E-state index contributed by atoms with van der Waals surface area (Å²) in [4.78, 5) is 17.7. The number of nitrogens with zero attached hydrogens (tertiary/aromatic N) is 2. The van der Waals surface area contributed by atoms with Crippen LogP contribution in [0.2, 0.25) is 0 Å². The highest BCUT2D eigenvalue weighted by Gasteiger charge is 2.27. The lowest BCUT2D eigenvalue weighted by atomic mass is 10.1. The standard InChI is InChI=1S/C24H28N4O3S/c25-22-12-9-19(10-13-22)18-28(24(29)27-15-5-1-2-6-16-27)26-32(30,31)23-14-11-20-7-3-4-8-21(20)17-23/h3-4,7-14,17,26H,1-2,5-6,15-16,18,25H2. The van der Waals surface area contributed by atoms with Crippen LogP contribution < -0.4 is 10.6 Å². The van der Waals surface area contributed by atoms with Gasteiger partial charge in [-0.3, -0.25) is 0 Å². The lowest BCUT2D eigenvalue weighted by molar-refractivity contribution is 0.142. The molecule has 7 nitrogen and oxygen atoms in total. The number of fused-ring (bicyclic) bond motifs is 1. The molecule has 0 aliphatic carbocycles. The van der Waals surface area contributed by atoms with Crippen molar-refractivity contribution in [3.63, 3.8) is 0 Å². The van der Waals surface area contributed by atoms with E-state index in [4.69, 9.17) is 5.73 Å². The number of anilines is 1. The van der Waals surface area contributed by atoms with Crippen LogP contribution in [0.15, 0.2) is 71.6 Å². The van der Waals surface area contributed by atoms with Gasteiger partial charge in [0, 0.05) is 18.8 Å². The van der Waals surface area contributed by atoms with Crippen molar-refractivity contribution in [3.05, 3.63) is 72.3 Å². The zero-order chi connectivity index (χ0) is 22.6. The van der Waals surface area contributed by atoms with Gasteiger partial charge in [-0.2, -0.15) is 0 Å². The lowest BCUT2D eigenvalue weighted by Crippen LogP contribution is -2.51. The Hall–Kier alpha value is -3.10. The molecule has 0 aromatic heterocycles. The van der Waals surface area contributed by atoms with Crippen molar-refractivity contribution in [1.29, 1.82) is 0 Å². The van der Waals surface area contributed by atoms with Gasteiger partial charge in [0.2, 0.25) is 0 Å². The number of carbonyl (C=O) groups is 1. The monoisotopic (exact) mass is 452 g/mol. The Labute approximate surface area is 188 Å². The molecule has 3 aromatic carbocycles. The van der Waals surface area contributed by atoms with Crippen molar-refractivity contribution in [2.45, 2.75) is 37.1 Å². The highest BCUT2D eigenvalue weighted by Crippen LogP contribution is 2.20. The second-order valence-corrected chi connectivity index (χ2v) is 9.78. The van der Waals surface area contributed by atoms with Gasteiger partial charge < -0.3 is 10.6 Å². The first-order valence-corrected chi connectivity index (χ1v) is 12.3. The van der Waals surface area contributed by atoms with E-state index in [0.717, 1.165) is 42.0 Å². The third-order valence-corrected chi connectivity index (χ3v) is 7.02. The van der Waals surface area contributed by atoms with Crippen LogP contribution in [0.1, 0.15) is 31.2 Å². The molecule has 2 amide bonds. The molecule has 1 fully saturated rings. The molecule has 0 spiro atoms. The first-order chi connectivity index (χ1) is 15.4. The molecule has 8 heteroatoms. The van der Waals surface area contributed by atoms with Gasteiger partial charge in [0.05, 0.1) is 11.4 Å². The van der Waals surface area contributed by atoms with Crippen LogP contribution in [0.3, 0.4) is 0 Å². The van der Waals surface area contributed by atoms with E-state index in [9.17, 15) is 13.2 Å². The molecule has 0 atom stereocenters. The third-order valence-electron chi connectivity index (χ3n) is 5.69. The molecular weight excluding hydrogens is 424 g/mol. The van der Waals surface area contributed by atoms with Crippen LogP contribution >= 0.6 is 0 Å². The van der Waals surface area contributed by atoms with Gasteiger partial charge in [-0.15, -0.1) is 4.83 Å². The predicted molar refractivity (Wildman–Crippen MR) is 126 cm³/mol. The highest BCUT2D eigenvalue weighted by atomic mass is 32.2. The summed E-state index contributed by atoms with van der Waals surface area (Å²) in [6.45, 7) is 1.34. The fraction of sp³-hybridized carbons (Fsp3) is 0.292. The van der Waals surface area contributed by atoms with Crippen LogP contribution in [0.5, 0.6) is 0 Å². The molecule has 32 heavy (non-hydrogen) atoms. The summed E-state index contributed by atoms with van der Waals surface area (Å²) in [5, 5.41) is 2.96. The number of carbonyl (C=O) groups excluding carboxylic acids is 1. The lowest BCUT2D eigenvalue weighted by Gasteiger charge is -2.30. The maximum absolute atomic E-state index is 13.3. The fourth-order valence-electron chi connectivity index (χ4n) is 3.91. The van der Waals surface area contributed by atoms with Gasteiger partial charge in [0.15, 0.2) is 0 Å². The van der Waals surface area contributed by atoms with Gasteiger partial charge in [-0.05, 0) is 53.4 Å². The molecule has 1 saturated heterocycles. The van der Waals surface area contributed by atoms with Crippen LogP contribution in [0.4, 0.5) is 10.5 Å². The second kappa shape index (κ2) is 9.58. The molecule has 3 N–H and O–H groups in total. The molecule has 168 valence electrons. The van der Waals surface area contributed by atoms with Gasteiger partial charge in [-0.1, -0.05) is 55.3 Å². The summed E-state index contributed by atoms with van der Waals surface area (Å²) < 4.78 is 26.5. The van der Waals surface area contributed by atoms with Crippen molar-refractivity contribution in [2.24, 2.45) is 0 Å². The quantitative estimate of drug-likeness (QED) is 0.450. The first kappa shape index (κ1) is 22.1. The average molecular weight is 453 g/mol. The summed E-state index contributed by atoms with van der Waals surface area (Å²) >= 11 is 0. The SMILES string of the molecule is Nc1ccc(CN(NS(=O)(=O)c2ccc3ccccc3c2)C(=O)N2CCCCCC2)cc1. The van der Waals surface area contributed by atoms with E-state index >= 15 is 0 Å². The fourth-order valence-corrected chi connectivity index (χ4v) is 4.98. The zero-order valence-electron chi connectivity index (χ0n) is 17.9. The molecule has 0 saturated carbocycles. The van der Waals surface area contributed by atoms with E-state index in [0.29, 0.717) is 18.8 Å². The number of nitrogens with two attached hydrogens (primary N) is 1. The minimum atomic E-state index is -3.97. The number of hydrogen-bond acceptors (Lipinski definition) is 4. The van der Waals surface area contributed by atoms with Crippen LogP contribution in [-0.4, -0.2) is 37.4 Å². The topological polar surface area (TPSA) is 95.7 Å². The number of rotatable bonds is 5. The molecule has 4 rings (SSSR count). The van der Waals surface area contributed by atoms with Gasteiger partial charge in [0.25, 0.3) is 10.0 Å². The summed E-state index contributed by atoms with van der Waals surface area (Å²) in [6, 6.07) is 19.2. The Bertz CT molecular complexity index is 1190. The van der Waals surface area contributed by atoms with Crippen molar-refractivity contribution in [1.82, 2.24) is 14.7 Å². The van der Waals surface area contributed by atoms with Gasteiger partial charge in [0.1, 0.15) is 0 Å². The van der Waals surface area contributed by atoms with E-state index in [1.165, 1.54) is 5.01 Å². The smallest absolute Gasteiger partial charge is 0.335 e. The maximum atomic E-state index is 13.3. The van der Waals surface area contributed by atoms with E-state index < -0.39 is 10.0 Å². The third kappa shape index (κ3) is 5.20. The molecule has 1 aliphatic rings. The van der Waals surface area contributed by atoms with Crippen molar-refractivity contribution < 1.29 is 13.2 Å².